The van der Waals surface area contributed by atoms with Crippen LogP contribution in [0.5, 0.6) is 0 Å². The molecular formula is C90H96. The van der Waals surface area contributed by atoms with Crippen LogP contribution >= 0.6 is 0 Å². The first kappa shape index (κ1) is 58.1. The number of unbranched alkanes of at least 4 members (excludes halogenated alkanes) is 24. The summed E-state index contributed by atoms with van der Waals surface area (Å²) in [5.74, 6) is 0. The van der Waals surface area contributed by atoms with Gasteiger partial charge in [-0.05, 0) is 235 Å². The van der Waals surface area contributed by atoms with Crippen molar-refractivity contribution in [1.29, 1.82) is 0 Å². The van der Waals surface area contributed by atoms with Gasteiger partial charge in [0.05, 0.1) is 0 Å². The van der Waals surface area contributed by atoms with E-state index in [-0.39, 0.29) is 0 Å². The molecule has 0 fully saturated rings. The second kappa shape index (κ2) is 24.9. The van der Waals surface area contributed by atoms with Crippen LogP contribution in [0.4, 0.5) is 0 Å². The molecule has 0 radical (unpaired) electrons. The fourth-order valence-electron chi connectivity index (χ4n) is 18.6. The van der Waals surface area contributed by atoms with Crippen LogP contribution in [0.15, 0.2) is 121 Å². The number of benzene rings is 16. The van der Waals surface area contributed by atoms with Gasteiger partial charge in [0.2, 0.25) is 0 Å². The van der Waals surface area contributed by atoms with Gasteiger partial charge in [0.1, 0.15) is 0 Å². The highest BCUT2D eigenvalue weighted by atomic mass is 14.3. The van der Waals surface area contributed by atoms with Crippen molar-refractivity contribution in [3.63, 3.8) is 0 Å². The van der Waals surface area contributed by atoms with Gasteiger partial charge in [-0.3, -0.25) is 0 Å². The topological polar surface area (TPSA) is 0 Å². The van der Waals surface area contributed by atoms with Crippen LogP contribution in [0.25, 0.3) is 162 Å². The average Bonchev–Trinajstić information content (AvgIpc) is 0.659. The van der Waals surface area contributed by atoms with E-state index in [2.05, 4.69) is 149 Å². The number of hydrogen-bond donors (Lipinski definition) is 0. The van der Waals surface area contributed by atoms with Gasteiger partial charge < -0.3 is 0 Å². The van der Waals surface area contributed by atoms with Crippen molar-refractivity contribution in [1.82, 2.24) is 0 Å². The van der Waals surface area contributed by atoms with Crippen molar-refractivity contribution in [3.8, 4) is 0 Å². The molecule has 0 N–H and O–H groups in total. The van der Waals surface area contributed by atoms with Gasteiger partial charge in [-0.15, -0.1) is 0 Å². The van der Waals surface area contributed by atoms with E-state index in [0.717, 1.165) is 25.7 Å². The molecule has 0 aromatic heterocycles. The standard InChI is InChI=1S/C90H96/c1-5-9-13-17-21-25-29-33-57-37-41-61-63-45-47-69-71-53-54-72-70-48-46-64-62-42-38-58(34-30-26-22-18-14-10-6-2)56-76(62)78-60(36-32-28-24-20-16-12-8-4)40-44-66-68-50-52-74-73-51-49-67-65-43-39-59(35-31-27-23-19-15-11-7-3)77(75(61)55-57)79(65)81(63)83(69)85(67)87(73)89(71)90(72)88(74)86(68)84(70)82(64)80(66)78/h37-56H,5-36H2,1-4H3. The number of hydrogen-bond acceptors (Lipinski definition) is 0. The molecule has 0 heterocycles. The fraction of sp³-hybridized carbons (Fsp3) is 0.400. The minimum atomic E-state index is 1.14. The number of aryl methyl sites for hydroxylation is 4. The third kappa shape index (κ3) is 9.46. The molecule has 0 unspecified atom stereocenters. The highest BCUT2D eigenvalue weighted by Gasteiger charge is 2.30. The lowest BCUT2D eigenvalue weighted by atomic mass is 9.75. The smallest absolute Gasteiger partial charge is 0.000717 e. The fourth-order valence-corrected chi connectivity index (χ4v) is 18.6. The number of fused-ring (bicyclic) bond motifs is 11. The van der Waals surface area contributed by atoms with Crippen LogP contribution in [-0.2, 0) is 25.7 Å². The Morgan fingerprint density at radius 2 is 0.344 bits per heavy atom. The molecule has 16 aromatic rings. The zero-order valence-electron chi connectivity index (χ0n) is 55.2. The Morgan fingerprint density at radius 1 is 0.156 bits per heavy atom. The Kier molecular flexibility index (Phi) is 16.1. The van der Waals surface area contributed by atoms with Gasteiger partial charge in [0.25, 0.3) is 0 Å². The van der Waals surface area contributed by atoms with Crippen LogP contribution in [0.1, 0.15) is 230 Å². The van der Waals surface area contributed by atoms with E-state index in [1.54, 1.807) is 11.1 Å². The first-order valence-electron chi connectivity index (χ1n) is 37.1. The lowest BCUT2D eigenvalue weighted by molar-refractivity contribution is 0.589. The first-order chi connectivity index (χ1) is 44.6. The summed E-state index contributed by atoms with van der Waals surface area (Å²) in [5, 5.41) is 43.8. The molecule has 16 rings (SSSR count). The normalized spacial score (nSPS) is 13.0. The predicted octanol–water partition coefficient (Wildman–Crippen LogP) is 28.8. The Balaban J connectivity index is 0.906. The molecule has 0 saturated heterocycles. The van der Waals surface area contributed by atoms with Crippen molar-refractivity contribution in [2.45, 2.75) is 233 Å². The predicted molar refractivity (Wildman–Crippen MR) is 403 cm³/mol. The molecule has 0 aliphatic carbocycles. The summed E-state index contributed by atoms with van der Waals surface area (Å²) >= 11 is 0. The minimum Gasteiger partial charge on any atom is -0.0654 e. The summed E-state index contributed by atoms with van der Waals surface area (Å²) in [6.45, 7) is 9.32. The summed E-state index contributed by atoms with van der Waals surface area (Å²) in [7, 11) is 0. The maximum atomic E-state index is 2.65. The molecular weight excluding hydrogens is 1080 g/mol. The molecule has 0 nitrogen and oxygen atoms in total. The molecule has 456 valence electrons. The Bertz CT molecular complexity index is 4850. The van der Waals surface area contributed by atoms with Crippen molar-refractivity contribution >= 4 is 162 Å². The molecule has 0 bridgehead atoms. The highest BCUT2D eigenvalue weighted by Crippen LogP contribution is 2.59. The van der Waals surface area contributed by atoms with Gasteiger partial charge in [0, 0.05) is 0 Å². The summed E-state index contributed by atoms with van der Waals surface area (Å²) < 4.78 is 0. The van der Waals surface area contributed by atoms with E-state index in [0.29, 0.717) is 0 Å². The lowest BCUT2D eigenvalue weighted by Gasteiger charge is -2.27. The zero-order chi connectivity index (χ0) is 60.4. The molecule has 0 atom stereocenters. The molecule has 0 aliphatic rings. The molecule has 0 saturated carbocycles. The SMILES string of the molecule is CCCCCCCCCc1ccc2c(c1)c1c(CCCCCCCCC)ccc3c4ccc5c6ccc7c8ccc(CCCCCCCCC)c9c%10cc(CCCCCCCCC)ccc%10c%10ccc%11c%12ccc%13c%14ccc2c(c31)c%14c4c5c%13c%12c6c7c%11c%10c89. The summed E-state index contributed by atoms with van der Waals surface area (Å²) in [4.78, 5) is 0. The van der Waals surface area contributed by atoms with E-state index in [1.165, 1.54) is 352 Å². The molecule has 0 heteroatoms. The summed E-state index contributed by atoms with van der Waals surface area (Å²) in [5.41, 5.74) is 6.12. The quantitative estimate of drug-likeness (QED) is 0.0224. The second-order valence-corrected chi connectivity index (χ2v) is 28.8. The van der Waals surface area contributed by atoms with Crippen LogP contribution < -0.4 is 0 Å². The third-order valence-electron chi connectivity index (χ3n) is 23.1. The maximum absolute atomic E-state index is 2.65. The highest BCUT2D eigenvalue weighted by molar-refractivity contribution is 6.57. The second-order valence-electron chi connectivity index (χ2n) is 28.8. The monoisotopic (exact) mass is 1180 g/mol. The largest absolute Gasteiger partial charge is 0.0654 e. The van der Waals surface area contributed by atoms with E-state index < -0.39 is 0 Å². The van der Waals surface area contributed by atoms with Crippen LogP contribution in [0, 0.1) is 0 Å². The van der Waals surface area contributed by atoms with Crippen molar-refractivity contribution in [2.75, 3.05) is 0 Å². The van der Waals surface area contributed by atoms with Crippen molar-refractivity contribution in [3.05, 3.63) is 144 Å². The molecule has 16 aromatic carbocycles. The van der Waals surface area contributed by atoms with Crippen molar-refractivity contribution in [2.24, 2.45) is 0 Å². The Morgan fingerprint density at radius 3 is 0.600 bits per heavy atom. The van der Waals surface area contributed by atoms with Crippen molar-refractivity contribution < 1.29 is 0 Å². The van der Waals surface area contributed by atoms with Gasteiger partial charge in [0.15, 0.2) is 0 Å². The van der Waals surface area contributed by atoms with E-state index >= 15 is 0 Å². The Hall–Kier alpha value is -7.02. The first-order valence-corrected chi connectivity index (χ1v) is 37.1. The molecule has 90 heavy (non-hydrogen) atoms. The zero-order valence-corrected chi connectivity index (χ0v) is 55.2. The third-order valence-corrected chi connectivity index (χ3v) is 23.1. The molecule has 0 aliphatic heterocycles. The summed E-state index contributed by atoms with van der Waals surface area (Å²) in [6, 6.07) is 51.4. The average molecular weight is 1180 g/mol. The van der Waals surface area contributed by atoms with Gasteiger partial charge >= 0.3 is 0 Å². The molecule has 0 amide bonds. The van der Waals surface area contributed by atoms with Crippen LogP contribution in [0.2, 0.25) is 0 Å². The number of rotatable bonds is 32. The van der Waals surface area contributed by atoms with Crippen LogP contribution in [0.3, 0.4) is 0 Å². The van der Waals surface area contributed by atoms with E-state index in [1.807, 2.05) is 0 Å². The lowest BCUT2D eigenvalue weighted by Crippen LogP contribution is -2.00. The van der Waals surface area contributed by atoms with Gasteiger partial charge in [-0.2, -0.15) is 0 Å². The van der Waals surface area contributed by atoms with Crippen LogP contribution in [-0.4, -0.2) is 0 Å². The van der Waals surface area contributed by atoms with Gasteiger partial charge in [-0.1, -0.05) is 303 Å². The maximum Gasteiger partial charge on any atom is -0.000717 e. The van der Waals surface area contributed by atoms with E-state index in [9.17, 15) is 0 Å². The summed E-state index contributed by atoms with van der Waals surface area (Å²) in [6.07, 6.45) is 42.1. The molecule has 0 spiro atoms. The Labute approximate surface area is 535 Å². The van der Waals surface area contributed by atoms with Gasteiger partial charge in [-0.25, -0.2) is 0 Å². The van der Waals surface area contributed by atoms with E-state index in [4.69, 9.17) is 0 Å². The minimum absolute atomic E-state index is 1.14.